The van der Waals surface area contributed by atoms with Gasteiger partial charge in [-0.1, -0.05) is 73.4 Å². The Balaban J connectivity index is 2.08. The van der Waals surface area contributed by atoms with Crippen molar-refractivity contribution in [3.63, 3.8) is 0 Å². The number of halogens is 2. The number of sulfonamides is 1. The summed E-state index contributed by atoms with van der Waals surface area (Å²) in [6, 6.07) is 19.0. The molecule has 220 valence electrons. The first-order chi connectivity index (χ1) is 19.1. The number of anilines is 1. The lowest BCUT2D eigenvalue weighted by atomic mass is 10.0. The highest BCUT2D eigenvalue weighted by atomic mass is 35.5. The zero-order valence-corrected chi connectivity index (χ0v) is 26.5. The molecule has 0 saturated heterocycles. The van der Waals surface area contributed by atoms with E-state index in [2.05, 4.69) is 5.32 Å². The molecule has 1 atom stereocenters. The minimum Gasteiger partial charge on any atom is -0.350 e. The van der Waals surface area contributed by atoms with Crippen LogP contribution in [0.25, 0.3) is 0 Å². The summed E-state index contributed by atoms with van der Waals surface area (Å²) in [7, 11) is -4.15. The quantitative estimate of drug-likeness (QED) is 0.276. The number of nitrogens with zero attached hydrogens (tertiary/aromatic N) is 2. The molecule has 0 fully saturated rings. The Kier molecular flexibility index (Phi) is 10.5. The molecule has 10 heteroatoms. The van der Waals surface area contributed by atoms with Crippen LogP contribution < -0.4 is 9.62 Å². The highest BCUT2D eigenvalue weighted by Crippen LogP contribution is 2.29. The third kappa shape index (κ3) is 8.24. The first-order valence-electron chi connectivity index (χ1n) is 13.3. The Morgan fingerprint density at radius 1 is 0.854 bits per heavy atom. The largest absolute Gasteiger partial charge is 0.350 e. The van der Waals surface area contributed by atoms with Crippen molar-refractivity contribution in [1.82, 2.24) is 10.2 Å². The second-order valence-corrected chi connectivity index (χ2v) is 13.9. The van der Waals surface area contributed by atoms with E-state index >= 15 is 0 Å². The molecule has 0 aliphatic heterocycles. The maximum absolute atomic E-state index is 14.1. The normalized spacial score (nSPS) is 12.6. The molecule has 0 bridgehead atoms. The van der Waals surface area contributed by atoms with Gasteiger partial charge in [0.05, 0.1) is 10.6 Å². The number of nitrogens with one attached hydrogen (secondary N) is 1. The number of carbonyl (C=O) groups excluding carboxylic acids is 2. The Hall–Kier alpha value is -3.07. The average Bonchev–Trinajstić information content (AvgIpc) is 2.90. The average molecular weight is 619 g/mol. The molecule has 0 spiro atoms. The van der Waals surface area contributed by atoms with E-state index in [0.29, 0.717) is 21.3 Å². The molecular formula is C31H37Cl2N3O4S. The fourth-order valence-electron chi connectivity index (χ4n) is 4.18. The standard InChI is InChI=1S/C31H37Cl2N3O4S/c1-21(2)23-15-17-24(18-16-23)36(41(39,40)25-11-8-7-9-12-25)20-29(37)35(22(3)30(38)34-31(4,5)6)19-26-27(32)13-10-14-28(26)33/h7-18,21-22H,19-20H2,1-6H3,(H,34,38). The van der Waals surface area contributed by atoms with Crippen LogP contribution in [0.3, 0.4) is 0 Å². The van der Waals surface area contributed by atoms with Crippen molar-refractivity contribution >= 4 is 50.7 Å². The van der Waals surface area contributed by atoms with E-state index in [1.807, 2.05) is 46.8 Å². The molecule has 0 aliphatic rings. The fraction of sp³-hybridized carbons (Fsp3) is 0.355. The van der Waals surface area contributed by atoms with E-state index in [0.717, 1.165) is 9.87 Å². The highest BCUT2D eigenvalue weighted by Gasteiger charge is 2.34. The molecule has 0 radical (unpaired) electrons. The predicted octanol–water partition coefficient (Wildman–Crippen LogP) is 6.64. The van der Waals surface area contributed by atoms with Crippen LogP contribution in [0, 0.1) is 0 Å². The van der Waals surface area contributed by atoms with Gasteiger partial charge in [-0.15, -0.1) is 0 Å². The van der Waals surface area contributed by atoms with Crippen molar-refractivity contribution in [2.75, 3.05) is 10.8 Å². The molecule has 1 N–H and O–H groups in total. The van der Waals surface area contributed by atoms with Gasteiger partial charge >= 0.3 is 0 Å². The Morgan fingerprint density at radius 2 is 1.41 bits per heavy atom. The summed E-state index contributed by atoms with van der Waals surface area (Å²) in [6.45, 7) is 10.5. The molecule has 1 unspecified atom stereocenters. The van der Waals surface area contributed by atoms with Gasteiger partial charge in [-0.25, -0.2) is 8.42 Å². The van der Waals surface area contributed by atoms with Gasteiger partial charge in [0, 0.05) is 27.7 Å². The molecule has 0 aromatic heterocycles. The minimum absolute atomic E-state index is 0.0416. The molecule has 7 nitrogen and oxygen atoms in total. The summed E-state index contributed by atoms with van der Waals surface area (Å²) in [5.41, 5.74) is 1.26. The first-order valence-corrected chi connectivity index (χ1v) is 15.5. The SMILES string of the molecule is CC(C)c1ccc(N(CC(=O)N(Cc2c(Cl)cccc2Cl)C(C)C(=O)NC(C)(C)C)S(=O)(=O)c2ccccc2)cc1. The Bertz CT molecular complexity index is 1450. The van der Waals surface area contributed by atoms with Gasteiger partial charge in [-0.05, 0) is 75.6 Å². The molecule has 3 rings (SSSR count). The summed E-state index contributed by atoms with van der Waals surface area (Å²) >= 11 is 12.9. The number of amides is 2. The highest BCUT2D eigenvalue weighted by molar-refractivity contribution is 7.92. The van der Waals surface area contributed by atoms with Gasteiger partial charge in [0.2, 0.25) is 11.8 Å². The van der Waals surface area contributed by atoms with Gasteiger partial charge in [0.25, 0.3) is 10.0 Å². The van der Waals surface area contributed by atoms with Crippen LogP contribution in [-0.4, -0.2) is 43.3 Å². The van der Waals surface area contributed by atoms with E-state index in [1.54, 1.807) is 55.5 Å². The van der Waals surface area contributed by atoms with Crippen LogP contribution in [0.4, 0.5) is 5.69 Å². The number of carbonyl (C=O) groups is 2. The summed E-state index contributed by atoms with van der Waals surface area (Å²) in [6.07, 6.45) is 0. The molecule has 0 aliphatic carbocycles. The second kappa shape index (κ2) is 13.3. The molecule has 3 aromatic rings. The van der Waals surface area contributed by atoms with Crippen molar-refractivity contribution in [1.29, 1.82) is 0 Å². The third-order valence-electron chi connectivity index (χ3n) is 6.51. The van der Waals surface area contributed by atoms with E-state index in [9.17, 15) is 18.0 Å². The topological polar surface area (TPSA) is 86.8 Å². The summed E-state index contributed by atoms with van der Waals surface area (Å²) in [4.78, 5) is 28.7. The van der Waals surface area contributed by atoms with Crippen molar-refractivity contribution in [2.45, 2.75) is 70.5 Å². The number of rotatable bonds is 10. The molecule has 41 heavy (non-hydrogen) atoms. The van der Waals surface area contributed by atoms with Crippen LogP contribution in [0.2, 0.25) is 10.0 Å². The maximum Gasteiger partial charge on any atom is 0.264 e. The van der Waals surface area contributed by atoms with Crippen LogP contribution in [0.1, 0.15) is 58.6 Å². The zero-order valence-electron chi connectivity index (χ0n) is 24.2. The van der Waals surface area contributed by atoms with E-state index in [-0.39, 0.29) is 17.4 Å². The third-order valence-corrected chi connectivity index (χ3v) is 9.01. The number of benzene rings is 3. The molecule has 2 amide bonds. The van der Waals surface area contributed by atoms with Gasteiger partial charge in [0.1, 0.15) is 12.6 Å². The summed E-state index contributed by atoms with van der Waals surface area (Å²) in [5, 5.41) is 3.56. The molecule has 3 aromatic carbocycles. The molecule has 0 heterocycles. The lowest BCUT2D eigenvalue weighted by Crippen LogP contribution is -2.54. The summed E-state index contributed by atoms with van der Waals surface area (Å²) in [5.74, 6) is -0.749. The van der Waals surface area contributed by atoms with Crippen molar-refractivity contribution in [3.05, 3.63) is 94.0 Å². The predicted molar refractivity (Wildman–Crippen MR) is 166 cm³/mol. The lowest BCUT2D eigenvalue weighted by molar-refractivity contribution is -0.140. The zero-order chi connectivity index (χ0) is 30.5. The van der Waals surface area contributed by atoms with Crippen LogP contribution in [-0.2, 0) is 26.2 Å². The van der Waals surface area contributed by atoms with Gasteiger partial charge < -0.3 is 10.2 Å². The van der Waals surface area contributed by atoms with Crippen molar-refractivity contribution < 1.29 is 18.0 Å². The van der Waals surface area contributed by atoms with E-state index in [4.69, 9.17) is 23.2 Å². The van der Waals surface area contributed by atoms with Gasteiger partial charge in [0.15, 0.2) is 0 Å². The maximum atomic E-state index is 14.1. The molecule has 0 saturated carbocycles. The monoisotopic (exact) mass is 617 g/mol. The van der Waals surface area contributed by atoms with Crippen LogP contribution in [0.15, 0.2) is 77.7 Å². The van der Waals surface area contributed by atoms with Crippen LogP contribution >= 0.6 is 23.2 Å². The smallest absolute Gasteiger partial charge is 0.264 e. The minimum atomic E-state index is -4.15. The van der Waals surface area contributed by atoms with Crippen molar-refractivity contribution in [3.8, 4) is 0 Å². The second-order valence-electron chi connectivity index (χ2n) is 11.2. The van der Waals surface area contributed by atoms with E-state index in [1.165, 1.54) is 17.0 Å². The molecular weight excluding hydrogens is 581 g/mol. The lowest BCUT2D eigenvalue weighted by Gasteiger charge is -2.34. The Morgan fingerprint density at radius 3 is 1.93 bits per heavy atom. The fourth-order valence-corrected chi connectivity index (χ4v) is 6.14. The van der Waals surface area contributed by atoms with E-state index < -0.39 is 40.0 Å². The van der Waals surface area contributed by atoms with Crippen molar-refractivity contribution in [2.24, 2.45) is 0 Å². The number of hydrogen-bond acceptors (Lipinski definition) is 4. The first kappa shape index (κ1) is 32.4. The van der Waals surface area contributed by atoms with Gasteiger partial charge in [-0.2, -0.15) is 0 Å². The Labute approximate surface area is 253 Å². The van der Waals surface area contributed by atoms with Gasteiger partial charge in [-0.3, -0.25) is 13.9 Å². The number of hydrogen-bond donors (Lipinski definition) is 1. The van der Waals surface area contributed by atoms with Crippen LogP contribution in [0.5, 0.6) is 0 Å². The summed E-state index contributed by atoms with van der Waals surface area (Å²) < 4.78 is 28.9.